The van der Waals surface area contributed by atoms with Gasteiger partial charge in [-0.2, -0.15) is 0 Å². The van der Waals surface area contributed by atoms with Crippen LogP contribution in [-0.2, 0) is 11.3 Å². The van der Waals surface area contributed by atoms with Crippen LogP contribution in [0.1, 0.15) is 5.69 Å². The zero-order chi connectivity index (χ0) is 21.6. The first-order chi connectivity index (χ1) is 15.1. The van der Waals surface area contributed by atoms with Gasteiger partial charge in [0.1, 0.15) is 11.9 Å². The molecule has 2 aliphatic heterocycles. The summed E-state index contributed by atoms with van der Waals surface area (Å²) in [4.78, 5) is 31.5. The highest BCUT2D eigenvalue weighted by molar-refractivity contribution is 7.80. The molecule has 4 rings (SSSR count). The summed E-state index contributed by atoms with van der Waals surface area (Å²) in [5, 5.41) is 6.38. The number of carbonyl (C=O) groups excluding carboxylic acids is 1. The summed E-state index contributed by atoms with van der Waals surface area (Å²) in [6, 6.07) is 3.88. The average molecular weight is 443 g/mol. The minimum atomic E-state index is -0.366. The number of hydrogen-bond acceptors (Lipinski definition) is 8. The molecule has 2 aromatic heterocycles. The molecule has 2 fully saturated rings. The number of carbonyl (C=O) groups is 1. The van der Waals surface area contributed by atoms with Crippen molar-refractivity contribution in [3.63, 3.8) is 0 Å². The van der Waals surface area contributed by atoms with E-state index in [4.69, 9.17) is 17.0 Å². The van der Waals surface area contributed by atoms with Gasteiger partial charge in [-0.25, -0.2) is 9.78 Å². The second-order valence-corrected chi connectivity index (χ2v) is 7.82. The first-order valence-electron chi connectivity index (χ1n) is 10.2. The molecule has 1 unspecified atom stereocenters. The van der Waals surface area contributed by atoms with Crippen molar-refractivity contribution in [1.29, 1.82) is 0 Å². The Morgan fingerprint density at radius 2 is 2.03 bits per heavy atom. The maximum Gasteiger partial charge on any atom is 0.414 e. The molecule has 4 heterocycles. The second kappa shape index (κ2) is 9.84. The standard InChI is InChI=1S/C20H26N8O2S/c1-21-19(31)25-12-17-14-28(20(29)30-17)16-2-3-18(24-11-16)27-8-6-26(7-9-27)13-15-10-22-4-5-23-15/h2-5,10-11,17H,6-9,12-14H2,1H3,(H2,21,25,31). The molecule has 0 aromatic carbocycles. The topological polar surface area (TPSA) is 98.8 Å². The number of anilines is 2. The summed E-state index contributed by atoms with van der Waals surface area (Å²) in [6.07, 6.45) is 6.33. The van der Waals surface area contributed by atoms with Crippen molar-refractivity contribution in [2.24, 2.45) is 0 Å². The van der Waals surface area contributed by atoms with Gasteiger partial charge in [0.2, 0.25) is 0 Å². The quantitative estimate of drug-likeness (QED) is 0.619. The first-order valence-corrected chi connectivity index (χ1v) is 10.6. The minimum Gasteiger partial charge on any atom is -0.442 e. The van der Waals surface area contributed by atoms with Crippen molar-refractivity contribution < 1.29 is 9.53 Å². The Morgan fingerprint density at radius 1 is 1.19 bits per heavy atom. The molecule has 10 nitrogen and oxygen atoms in total. The predicted molar refractivity (Wildman–Crippen MR) is 121 cm³/mol. The summed E-state index contributed by atoms with van der Waals surface area (Å²) in [7, 11) is 1.74. The molecule has 2 aliphatic rings. The van der Waals surface area contributed by atoms with Crippen LogP contribution < -0.4 is 20.4 Å². The third-order valence-corrected chi connectivity index (χ3v) is 5.68. The van der Waals surface area contributed by atoms with Gasteiger partial charge in [0.25, 0.3) is 0 Å². The van der Waals surface area contributed by atoms with Gasteiger partial charge in [-0.15, -0.1) is 0 Å². The number of rotatable bonds is 6. The lowest BCUT2D eigenvalue weighted by atomic mass is 10.2. The number of cyclic esters (lactones) is 1. The largest absolute Gasteiger partial charge is 0.442 e. The highest BCUT2D eigenvalue weighted by Crippen LogP contribution is 2.23. The van der Waals surface area contributed by atoms with E-state index < -0.39 is 0 Å². The Morgan fingerprint density at radius 3 is 2.71 bits per heavy atom. The summed E-state index contributed by atoms with van der Waals surface area (Å²) >= 11 is 5.06. The van der Waals surface area contributed by atoms with Gasteiger partial charge in [-0.1, -0.05) is 0 Å². The Kier molecular flexibility index (Phi) is 6.73. The third-order valence-electron chi connectivity index (χ3n) is 5.33. The van der Waals surface area contributed by atoms with Crippen LogP contribution in [0.15, 0.2) is 36.9 Å². The molecule has 2 aromatic rings. The van der Waals surface area contributed by atoms with Crippen molar-refractivity contribution in [3.05, 3.63) is 42.6 Å². The summed E-state index contributed by atoms with van der Waals surface area (Å²) < 4.78 is 5.41. The molecule has 0 saturated carbocycles. The van der Waals surface area contributed by atoms with E-state index >= 15 is 0 Å². The summed E-state index contributed by atoms with van der Waals surface area (Å²) in [6.45, 7) is 5.37. The fourth-order valence-corrected chi connectivity index (χ4v) is 3.72. The van der Waals surface area contributed by atoms with Gasteiger partial charge in [-0.3, -0.25) is 19.8 Å². The SMILES string of the molecule is CNC(=S)NCC1CN(c2ccc(N3CCN(Cc4cnccn4)CC3)nc2)C(=O)O1. The van der Waals surface area contributed by atoms with Gasteiger partial charge in [0.15, 0.2) is 5.11 Å². The zero-order valence-electron chi connectivity index (χ0n) is 17.4. The molecule has 31 heavy (non-hydrogen) atoms. The number of pyridine rings is 1. The fourth-order valence-electron chi connectivity index (χ4n) is 3.63. The lowest BCUT2D eigenvalue weighted by Crippen LogP contribution is -2.46. The van der Waals surface area contributed by atoms with Gasteiger partial charge >= 0.3 is 6.09 Å². The molecule has 1 atom stereocenters. The Labute approximate surface area is 186 Å². The molecular formula is C20H26N8O2S. The van der Waals surface area contributed by atoms with Crippen molar-refractivity contribution in [2.45, 2.75) is 12.6 Å². The van der Waals surface area contributed by atoms with E-state index in [1.165, 1.54) is 0 Å². The van der Waals surface area contributed by atoms with Gasteiger partial charge in [-0.05, 0) is 24.4 Å². The molecule has 0 spiro atoms. The van der Waals surface area contributed by atoms with Crippen LogP contribution in [0.4, 0.5) is 16.3 Å². The highest BCUT2D eigenvalue weighted by Gasteiger charge is 2.32. The van der Waals surface area contributed by atoms with E-state index in [1.54, 1.807) is 30.5 Å². The van der Waals surface area contributed by atoms with Crippen molar-refractivity contribution in [2.75, 3.05) is 56.1 Å². The summed E-state index contributed by atoms with van der Waals surface area (Å²) in [5.74, 6) is 0.910. The minimum absolute atomic E-state index is 0.263. The van der Waals surface area contributed by atoms with E-state index in [0.717, 1.165) is 49.9 Å². The number of aromatic nitrogens is 3. The Hall–Kier alpha value is -3.05. The number of nitrogens with one attached hydrogen (secondary N) is 2. The molecule has 2 saturated heterocycles. The number of ether oxygens (including phenoxy) is 1. The lowest BCUT2D eigenvalue weighted by molar-refractivity contribution is 0.143. The van der Waals surface area contributed by atoms with Crippen molar-refractivity contribution >= 4 is 34.9 Å². The van der Waals surface area contributed by atoms with Crippen LogP contribution >= 0.6 is 12.2 Å². The van der Waals surface area contributed by atoms with Crippen molar-refractivity contribution in [1.82, 2.24) is 30.5 Å². The maximum atomic E-state index is 12.2. The number of nitrogens with zero attached hydrogens (tertiary/aromatic N) is 6. The van der Waals surface area contributed by atoms with Crippen molar-refractivity contribution in [3.8, 4) is 0 Å². The molecular weight excluding hydrogens is 416 g/mol. The molecule has 0 aliphatic carbocycles. The number of piperazine rings is 1. The van der Waals surface area contributed by atoms with E-state index in [0.29, 0.717) is 18.2 Å². The molecule has 2 N–H and O–H groups in total. The van der Waals surface area contributed by atoms with Gasteiger partial charge < -0.3 is 20.3 Å². The normalized spacial score (nSPS) is 19.3. The summed E-state index contributed by atoms with van der Waals surface area (Å²) in [5.41, 5.74) is 1.71. The van der Waals surface area contributed by atoms with E-state index in [9.17, 15) is 4.79 Å². The first kappa shape index (κ1) is 21.2. The molecule has 0 radical (unpaired) electrons. The fraction of sp³-hybridized carbons (Fsp3) is 0.450. The molecule has 1 amide bonds. The zero-order valence-corrected chi connectivity index (χ0v) is 18.2. The van der Waals surface area contributed by atoms with Crippen LogP contribution in [0.2, 0.25) is 0 Å². The van der Waals surface area contributed by atoms with Crippen LogP contribution in [0.25, 0.3) is 0 Å². The van der Waals surface area contributed by atoms with E-state index in [2.05, 4.69) is 35.4 Å². The highest BCUT2D eigenvalue weighted by atomic mass is 32.1. The monoisotopic (exact) mass is 442 g/mol. The van der Waals surface area contributed by atoms with Crippen LogP contribution in [0.5, 0.6) is 0 Å². The van der Waals surface area contributed by atoms with Crippen LogP contribution in [0.3, 0.4) is 0 Å². The number of thiocarbonyl (C=S) groups is 1. The number of hydrogen-bond donors (Lipinski definition) is 2. The molecule has 164 valence electrons. The predicted octanol–water partition coefficient (Wildman–Crippen LogP) is 0.613. The van der Waals surface area contributed by atoms with E-state index in [-0.39, 0.29) is 12.2 Å². The average Bonchev–Trinajstić information content (AvgIpc) is 3.19. The Bertz CT molecular complexity index is 890. The number of amides is 1. The third kappa shape index (κ3) is 5.36. The Balaban J connectivity index is 1.29. The van der Waals surface area contributed by atoms with E-state index in [1.807, 2.05) is 18.3 Å². The molecule has 11 heteroatoms. The second-order valence-electron chi connectivity index (χ2n) is 7.41. The molecule has 0 bridgehead atoms. The smallest absolute Gasteiger partial charge is 0.414 e. The maximum absolute atomic E-state index is 12.2. The van der Waals surface area contributed by atoms with Gasteiger partial charge in [0.05, 0.1) is 30.7 Å². The van der Waals surface area contributed by atoms with Crippen LogP contribution in [-0.4, -0.2) is 83.5 Å². The van der Waals surface area contributed by atoms with Gasteiger partial charge in [0, 0.05) is 58.4 Å². The lowest BCUT2D eigenvalue weighted by Gasteiger charge is -2.35. The van der Waals surface area contributed by atoms with Crippen LogP contribution in [0, 0.1) is 0 Å².